The van der Waals surface area contributed by atoms with E-state index in [1.165, 1.54) is 0 Å². The number of para-hydroxylation sites is 1. The molecular formula is C11H18NO4P. The van der Waals surface area contributed by atoms with E-state index in [2.05, 4.69) is 0 Å². The summed E-state index contributed by atoms with van der Waals surface area (Å²) in [4.78, 5) is 0. The van der Waals surface area contributed by atoms with Crippen molar-refractivity contribution in [2.24, 2.45) is 5.73 Å². The number of benzene rings is 1. The molecular weight excluding hydrogens is 241 g/mol. The monoisotopic (exact) mass is 259 g/mol. The normalized spacial score (nSPS) is 11.5. The van der Waals surface area contributed by atoms with E-state index in [4.69, 9.17) is 19.3 Å². The van der Waals surface area contributed by atoms with Gasteiger partial charge in [-0.3, -0.25) is 9.05 Å². The quantitative estimate of drug-likeness (QED) is 0.762. The molecule has 0 spiro atoms. The van der Waals surface area contributed by atoms with Gasteiger partial charge in [-0.05, 0) is 19.9 Å². The van der Waals surface area contributed by atoms with E-state index >= 15 is 0 Å². The van der Waals surface area contributed by atoms with Gasteiger partial charge in [0, 0.05) is 12.1 Å². The number of hydrogen-bond acceptors (Lipinski definition) is 5. The van der Waals surface area contributed by atoms with Crippen molar-refractivity contribution < 1.29 is 18.1 Å². The third-order valence-electron chi connectivity index (χ3n) is 1.98. The van der Waals surface area contributed by atoms with E-state index in [1.54, 1.807) is 32.0 Å². The lowest BCUT2D eigenvalue weighted by Crippen LogP contribution is -2.05. The van der Waals surface area contributed by atoms with Gasteiger partial charge < -0.3 is 10.3 Å². The maximum Gasteiger partial charge on any atom is 0.530 e. The van der Waals surface area contributed by atoms with Crippen LogP contribution in [0.1, 0.15) is 19.4 Å². The van der Waals surface area contributed by atoms with Gasteiger partial charge in [0.2, 0.25) is 0 Å². The second-order valence-corrected chi connectivity index (χ2v) is 4.78. The number of nitrogens with two attached hydrogens (primary N) is 1. The van der Waals surface area contributed by atoms with Gasteiger partial charge in [-0.25, -0.2) is 4.57 Å². The molecule has 6 heteroatoms. The highest BCUT2D eigenvalue weighted by Crippen LogP contribution is 2.49. The zero-order valence-electron chi connectivity index (χ0n) is 10.1. The van der Waals surface area contributed by atoms with E-state index in [9.17, 15) is 4.57 Å². The van der Waals surface area contributed by atoms with E-state index in [0.717, 1.165) is 5.56 Å². The Labute approximate surface area is 101 Å². The second kappa shape index (κ2) is 6.77. The van der Waals surface area contributed by atoms with Crippen LogP contribution in [0.3, 0.4) is 0 Å². The highest BCUT2D eigenvalue weighted by Gasteiger charge is 2.27. The third-order valence-corrected chi connectivity index (χ3v) is 3.55. The highest BCUT2D eigenvalue weighted by atomic mass is 31.2. The lowest BCUT2D eigenvalue weighted by molar-refractivity contribution is 0.167. The minimum atomic E-state index is -3.54. The third kappa shape index (κ3) is 4.13. The molecule has 0 radical (unpaired) electrons. The molecule has 0 unspecified atom stereocenters. The Morgan fingerprint density at radius 1 is 1.18 bits per heavy atom. The SMILES string of the molecule is CCOP(=O)(OCC)Oc1ccccc1CN. The van der Waals surface area contributed by atoms with Gasteiger partial charge in [0.1, 0.15) is 5.75 Å². The van der Waals surface area contributed by atoms with Crippen LogP contribution in [-0.2, 0) is 20.2 Å². The zero-order valence-corrected chi connectivity index (χ0v) is 11.0. The summed E-state index contributed by atoms with van der Waals surface area (Å²) in [7, 11) is -3.54. The smallest absolute Gasteiger partial charge is 0.404 e. The summed E-state index contributed by atoms with van der Waals surface area (Å²) in [6.07, 6.45) is 0. The van der Waals surface area contributed by atoms with E-state index in [0.29, 0.717) is 12.3 Å². The molecule has 5 nitrogen and oxygen atoms in total. The molecule has 0 aliphatic carbocycles. The van der Waals surface area contributed by atoms with E-state index in [-0.39, 0.29) is 13.2 Å². The molecule has 17 heavy (non-hydrogen) atoms. The van der Waals surface area contributed by atoms with E-state index < -0.39 is 7.82 Å². The van der Waals surface area contributed by atoms with Crippen molar-refractivity contribution in [2.45, 2.75) is 20.4 Å². The minimum Gasteiger partial charge on any atom is -0.404 e. The van der Waals surface area contributed by atoms with Crippen LogP contribution >= 0.6 is 7.82 Å². The molecule has 2 N–H and O–H groups in total. The Bertz CT molecular complexity index is 387. The molecule has 0 fully saturated rings. The first-order valence-corrected chi connectivity index (χ1v) is 6.98. The van der Waals surface area contributed by atoms with Crippen LogP contribution < -0.4 is 10.3 Å². The van der Waals surface area contributed by atoms with Crippen molar-refractivity contribution >= 4 is 7.82 Å². The maximum absolute atomic E-state index is 12.1. The molecule has 1 aromatic carbocycles. The Kier molecular flexibility index (Phi) is 5.65. The molecule has 0 aliphatic heterocycles. The summed E-state index contributed by atoms with van der Waals surface area (Å²) in [5.74, 6) is 0.431. The molecule has 1 rings (SSSR count). The minimum absolute atomic E-state index is 0.252. The topological polar surface area (TPSA) is 70.8 Å². The maximum atomic E-state index is 12.1. The van der Waals surface area contributed by atoms with Crippen LogP contribution in [0.2, 0.25) is 0 Å². The van der Waals surface area contributed by atoms with Crippen LogP contribution in [-0.4, -0.2) is 13.2 Å². The average Bonchev–Trinajstić information content (AvgIpc) is 2.30. The first kappa shape index (κ1) is 14.2. The van der Waals surface area contributed by atoms with Crippen LogP contribution in [0.25, 0.3) is 0 Å². The predicted octanol–water partition coefficient (Wildman–Crippen LogP) is 2.71. The summed E-state index contributed by atoms with van der Waals surface area (Å²) in [5, 5.41) is 0. The summed E-state index contributed by atoms with van der Waals surface area (Å²) in [6, 6.07) is 7.10. The van der Waals surface area contributed by atoms with Gasteiger partial charge >= 0.3 is 7.82 Å². The highest BCUT2D eigenvalue weighted by molar-refractivity contribution is 7.48. The molecule has 0 amide bonds. The van der Waals surface area contributed by atoms with Crippen LogP contribution in [0.4, 0.5) is 0 Å². The van der Waals surface area contributed by atoms with Crippen molar-refractivity contribution in [2.75, 3.05) is 13.2 Å². The molecule has 0 saturated carbocycles. The van der Waals surface area contributed by atoms with Gasteiger partial charge in [0.05, 0.1) is 13.2 Å². The van der Waals surface area contributed by atoms with Gasteiger partial charge in [-0.1, -0.05) is 18.2 Å². The molecule has 0 heterocycles. The van der Waals surface area contributed by atoms with Gasteiger partial charge in [0.25, 0.3) is 0 Å². The first-order valence-electron chi connectivity index (χ1n) is 5.52. The standard InChI is InChI=1S/C11H18NO4P/c1-3-14-17(13,15-4-2)16-11-8-6-5-7-10(11)9-12/h5-8H,3-4,9,12H2,1-2H3. The molecule has 96 valence electrons. The first-order chi connectivity index (χ1) is 8.15. The molecule has 1 aromatic rings. The van der Waals surface area contributed by atoms with Crippen molar-refractivity contribution in [3.63, 3.8) is 0 Å². The van der Waals surface area contributed by atoms with Gasteiger partial charge in [-0.15, -0.1) is 0 Å². The summed E-state index contributed by atoms with van der Waals surface area (Å²) < 4.78 is 27.6. The van der Waals surface area contributed by atoms with Crippen LogP contribution in [0.15, 0.2) is 24.3 Å². The Morgan fingerprint density at radius 3 is 2.29 bits per heavy atom. The van der Waals surface area contributed by atoms with Crippen molar-refractivity contribution in [3.8, 4) is 5.75 Å². The molecule has 0 aromatic heterocycles. The molecule has 0 bridgehead atoms. The number of hydrogen-bond donors (Lipinski definition) is 1. The zero-order chi connectivity index (χ0) is 12.7. The molecule has 0 saturated heterocycles. The fourth-order valence-electron chi connectivity index (χ4n) is 1.29. The molecule has 0 aliphatic rings. The largest absolute Gasteiger partial charge is 0.530 e. The second-order valence-electron chi connectivity index (χ2n) is 3.19. The lowest BCUT2D eigenvalue weighted by Gasteiger charge is -2.18. The summed E-state index contributed by atoms with van der Waals surface area (Å²) in [6.45, 7) is 4.26. The Morgan fingerprint density at radius 2 is 1.76 bits per heavy atom. The van der Waals surface area contributed by atoms with Crippen LogP contribution in [0.5, 0.6) is 5.75 Å². The number of phosphoric acid groups is 1. The lowest BCUT2D eigenvalue weighted by atomic mass is 10.2. The summed E-state index contributed by atoms with van der Waals surface area (Å²) >= 11 is 0. The van der Waals surface area contributed by atoms with Crippen LogP contribution in [0, 0.1) is 0 Å². The fourth-order valence-corrected chi connectivity index (χ4v) is 2.52. The predicted molar refractivity (Wildman–Crippen MR) is 65.8 cm³/mol. The Hall–Kier alpha value is -0.870. The van der Waals surface area contributed by atoms with Crippen molar-refractivity contribution in [1.82, 2.24) is 0 Å². The fraction of sp³-hybridized carbons (Fsp3) is 0.455. The average molecular weight is 259 g/mol. The summed E-state index contributed by atoms with van der Waals surface area (Å²) in [5.41, 5.74) is 6.32. The van der Waals surface area contributed by atoms with Crippen molar-refractivity contribution in [3.05, 3.63) is 29.8 Å². The number of phosphoric ester groups is 1. The molecule has 0 atom stereocenters. The van der Waals surface area contributed by atoms with E-state index in [1.807, 2.05) is 6.07 Å². The Balaban J connectivity index is 2.89. The van der Waals surface area contributed by atoms with Gasteiger partial charge in [-0.2, -0.15) is 0 Å². The van der Waals surface area contributed by atoms with Crippen molar-refractivity contribution in [1.29, 1.82) is 0 Å². The number of rotatable bonds is 7. The van der Waals surface area contributed by atoms with Gasteiger partial charge in [0.15, 0.2) is 0 Å².